The minimum Gasteiger partial charge on any atom is -0.456 e. The van der Waals surface area contributed by atoms with Gasteiger partial charge in [-0.2, -0.15) is 0 Å². The van der Waals surface area contributed by atoms with Gasteiger partial charge in [0, 0.05) is 105 Å². The van der Waals surface area contributed by atoms with Gasteiger partial charge < -0.3 is 23.4 Å². The molecule has 0 bridgehead atoms. The summed E-state index contributed by atoms with van der Waals surface area (Å²) in [5.74, 6) is 0. The molecule has 0 radical (unpaired) electrons. The summed E-state index contributed by atoms with van der Waals surface area (Å²) >= 11 is 1.89. The van der Waals surface area contributed by atoms with Gasteiger partial charge in [-0.1, -0.05) is 235 Å². The van der Waals surface area contributed by atoms with E-state index in [4.69, 9.17) is 8.83 Å². The van der Waals surface area contributed by atoms with Crippen LogP contribution in [0.5, 0.6) is 0 Å². The normalized spacial score (nSPS) is 13.3. The number of rotatable bonds is 8. The van der Waals surface area contributed by atoms with E-state index in [0.29, 0.717) is 0 Å². The standard InChI is InChI=1S/C90H78BN3O2S/c1-87(2,3)58-32-39-62(40-33-58)92(63-41-34-59(35-42-63)88(4,5)6)65-45-47-79-68(49-65)69-50-71-75(54-80(69)95-79)94(64-43-36-60(37-44-64)89(7,8)9)91-73-53-81-72(82(56-26-18-14-19-27-56)86(97-81)57-28-20-15-21-29-57)52-76(73)93(74-46-38-61(90(10,11)12)48-67(74)55-24-16-13-17-25-55)77-51-70-66-30-22-23-31-78(66)96-85(70)83(71)84(77)91/h13-54H,1-12H3. The largest absolute Gasteiger partial charge is 0.456 e. The van der Waals surface area contributed by atoms with Crippen LogP contribution in [-0.2, 0) is 21.7 Å². The predicted octanol–water partition coefficient (Wildman–Crippen LogP) is 25.1. The molecule has 0 saturated heterocycles. The SMILES string of the molecule is CC(C)(C)c1ccc(N2B3c4cc5sc(-c6ccccc6)c(-c6ccccc6)c5cc4N(c4ccc(C(C)(C)C)cc4-c4ccccc4)c4cc5c(oc6ccccc65)c(c43)-c3cc4c(cc32)oc2ccc(N(c3ccc(C(C)(C)C)cc3)c3ccc(C(C)(C)C)cc3)cc24)cc1. The molecule has 0 atom stereocenters. The Labute approximate surface area is 574 Å². The Morgan fingerprint density at radius 1 is 0.351 bits per heavy atom. The van der Waals surface area contributed by atoms with Crippen LogP contribution in [0.15, 0.2) is 264 Å². The van der Waals surface area contributed by atoms with Crippen molar-refractivity contribution in [1.82, 2.24) is 0 Å². The van der Waals surface area contributed by atoms with Crippen molar-refractivity contribution in [3.05, 3.63) is 277 Å². The van der Waals surface area contributed by atoms with Gasteiger partial charge in [-0.05, 0) is 169 Å². The lowest BCUT2D eigenvalue weighted by atomic mass is 9.43. The maximum Gasteiger partial charge on any atom is 0.333 e. The first-order chi connectivity index (χ1) is 46.6. The quantitative estimate of drug-likeness (QED) is 0.142. The molecule has 3 aromatic heterocycles. The Kier molecular flexibility index (Phi) is 13.8. The van der Waals surface area contributed by atoms with E-state index >= 15 is 0 Å². The molecule has 5 nitrogen and oxygen atoms in total. The van der Waals surface area contributed by atoms with E-state index in [9.17, 15) is 0 Å². The molecule has 0 amide bonds. The van der Waals surface area contributed by atoms with Crippen LogP contribution < -0.4 is 25.5 Å². The van der Waals surface area contributed by atoms with Gasteiger partial charge in [0.25, 0.3) is 0 Å². The van der Waals surface area contributed by atoms with Crippen molar-refractivity contribution < 1.29 is 8.83 Å². The first-order valence-corrected chi connectivity index (χ1v) is 35.1. The summed E-state index contributed by atoms with van der Waals surface area (Å²) in [5, 5.41) is 5.42. The summed E-state index contributed by atoms with van der Waals surface area (Å²) in [6, 6.07) is 95.6. The first-order valence-electron chi connectivity index (χ1n) is 34.2. The van der Waals surface area contributed by atoms with Gasteiger partial charge in [-0.25, -0.2) is 0 Å². The van der Waals surface area contributed by atoms with E-state index in [1.54, 1.807) is 0 Å². The number of thiophene rings is 1. The van der Waals surface area contributed by atoms with Gasteiger partial charge in [0.1, 0.15) is 22.3 Å². The highest BCUT2D eigenvalue weighted by Crippen LogP contribution is 2.56. The molecule has 15 aromatic rings. The highest BCUT2D eigenvalue weighted by molar-refractivity contribution is 7.23. The van der Waals surface area contributed by atoms with Crippen LogP contribution >= 0.6 is 11.3 Å². The highest BCUT2D eigenvalue weighted by atomic mass is 32.1. The molecule has 2 aliphatic heterocycles. The van der Waals surface area contributed by atoms with E-state index in [0.717, 1.165) is 106 Å². The second-order valence-electron chi connectivity index (χ2n) is 30.9. The third-order valence-corrected chi connectivity index (χ3v) is 21.7. The molecule has 474 valence electrons. The van der Waals surface area contributed by atoms with E-state index in [2.05, 4.69) is 352 Å². The molecule has 5 heterocycles. The molecule has 0 fully saturated rings. The molecule has 0 unspecified atom stereocenters. The van der Waals surface area contributed by atoms with Crippen LogP contribution in [-0.4, -0.2) is 6.85 Å². The van der Waals surface area contributed by atoms with Crippen molar-refractivity contribution in [2.75, 3.05) is 14.6 Å². The Morgan fingerprint density at radius 2 is 0.876 bits per heavy atom. The highest BCUT2D eigenvalue weighted by Gasteiger charge is 2.48. The van der Waals surface area contributed by atoms with Gasteiger partial charge in [0.05, 0.1) is 5.69 Å². The Morgan fingerprint density at radius 3 is 1.49 bits per heavy atom. The fraction of sp³-hybridized carbons (Fsp3) is 0.178. The third-order valence-electron chi connectivity index (χ3n) is 20.5. The third kappa shape index (κ3) is 10.0. The lowest BCUT2D eigenvalue weighted by Gasteiger charge is -2.46. The Bertz CT molecular complexity index is 5540. The number of para-hydroxylation sites is 1. The molecule has 0 saturated carbocycles. The number of anilines is 8. The zero-order valence-corrected chi connectivity index (χ0v) is 58.2. The summed E-state index contributed by atoms with van der Waals surface area (Å²) in [7, 11) is 0. The molecule has 17 rings (SSSR count). The van der Waals surface area contributed by atoms with Crippen LogP contribution in [0.1, 0.15) is 105 Å². The van der Waals surface area contributed by atoms with Crippen LogP contribution in [0.25, 0.3) is 97.8 Å². The molecule has 0 N–H and O–H groups in total. The van der Waals surface area contributed by atoms with E-state index in [1.807, 2.05) is 11.3 Å². The molecule has 7 heteroatoms. The summed E-state index contributed by atoms with van der Waals surface area (Å²) in [5.41, 5.74) is 27.5. The number of nitrogens with zero attached hydrogens (tertiary/aromatic N) is 3. The molecular weight excluding hydrogens is 1200 g/mol. The summed E-state index contributed by atoms with van der Waals surface area (Å²) in [6.07, 6.45) is 0. The molecule has 0 spiro atoms. The summed E-state index contributed by atoms with van der Waals surface area (Å²) < 4.78 is 15.9. The molecule has 12 aromatic carbocycles. The number of benzene rings is 12. The van der Waals surface area contributed by atoms with Crippen molar-refractivity contribution in [2.45, 2.75) is 105 Å². The Balaban J connectivity index is 0.994. The fourth-order valence-corrected chi connectivity index (χ4v) is 16.5. The smallest absolute Gasteiger partial charge is 0.333 e. The average molecular weight is 1280 g/mol. The zero-order chi connectivity index (χ0) is 66.6. The summed E-state index contributed by atoms with van der Waals surface area (Å²) in [6.45, 7) is 27.2. The van der Waals surface area contributed by atoms with Gasteiger partial charge in [-0.3, -0.25) is 0 Å². The van der Waals surface area contributed by atoms with E-state index < -0.39 is 0 Å². The van der Waals surface area contributed by atoms with Gasteiger partial charge >= 0.3 is 6.85 Å². The monoisotopic (exact) mass is 1280 g/mol. The van der Waals surface area contributed by atoms with E-state index in [1.165, 1.54) is 70.4 Å². The Hall–Kier alpha value is -10.3. The minimum atomic E-state index is -0.348. The lowest BCUT2D eigenvalue weighted by Crippen LogP contribution is -2.61. The van der Waals surface area contributed by atoms with Crippen molar-refractivity contribution in [1.29, 1.82) is 0 Å². The van der Waals surface area contributed by atoms with Crippen molar-refractivity contribution in [3.63, 3.8) is 0 Å². The van der Waals surface area contributed by atoms with Crippen LogP contribution in [0.2, 0.25) is 0 Å². The lowest BCUT2D eigenvalue weighted by molar-refractivity contribution is 0.590. The molecule has 2 aliphatic rings. The second-order valence-corrected chi connectivity index (χ2v) is 32.0. The molecule has 97 heavy (non-hydrogen) atoms. The van der Waals surface area contributed by atoms with Crippen molar-refractivity contribution in [3.8, 4) is 43.8 Å². The maximum absolute atomic E-state index is 7.46. The first kappa shape index (κ1) is 60.3. The fourth-order valence-electron chi connectivity index (χ4n) is 15.2. The van der Waals surface area contributed by atoms with Crippen LogP contribution in [0.3, 0.4) is 0 Å². The predicted molar refractivity (Wildman–Crippen MR) is 416 cm³/mol. The summed E-state index contributed by atoms with van der Waals surface area (Å²) in [4.78, 5) is 8.91. The number of hydrogen-bond donors (Lipinski definition) is 0. The van der Waals surface area contributed by atoms with E-state index in [-0.39, 0.29) is 28.5 Å². The number of hydrogen-bond acceptors (Lipinski definition) is 6. The van der Waals surface area contributed by atoms with Gasteiger partial charge in [0.15, 0.2) is 0 Å². The molecular formula is C90H78BN3O2S. The average Bonchev–Trinajstić information content (AvgIpc) is 1.67. The van der Waals surface area contributed by atoms with Gasteiger partial charge in [-0.15, -0.1) is 11.3 Å². The zero-order valence-electron chi connectivity index (χ0n) is 57.4. The molecule has 0 aliphatic carbocycles. The van der Waals surface area contributed by atoms with Gasteiger partial charge in [0.2, 0.25) is 0 Å². The minimum absolute atomic E-state index is 0.00309. The second kappa shape index (κ2) is 22.1. The van der Waals surface area contributed by atoms with Crippen molar-refractivity contribution >= 4 is 129 Å². The topological polar surface area (TPSA) is 36.0 Å². The number of fused-ring (bicyclic) bond motifs is 12. The van der Waals surface area contributed by atoms with Crippen LogP contribution in [0.4, 0.5) is 45.5 Å². The number of furan rings is 2. The van der Waals surface area contributed by atoms with Crippen LogP contribution in [0, 0.1) is 0 Å². The maximum atomic E-state index is 7.46. The van der Waals surface area contributed by atoms with Crippen molar-refractivity contribution in [2.24, 2.45) is 0 Å².